The highest BCUT2D eigenvalue weighted by Crippen LogP contribution is 2.38. The van der Waals surface area contributed by atoms with Crippen LogP contribution in [0.2, 0.25) is 0 Å². The highest BCUT2D eigenvalue weighted by molar-refractivity contribution is 7.91. The first-order valence-corrected chi connectivity index (χ1v) is 10.3. The third kappa shape index (κ3) is 3.64. The molecule has 8 heteroatoms. The van der Waals surface area contributed by atoms with Gasteiger partial charge in [-0.2, -0.15) is 0 Å². The first-order chi connectivity index (χ1) is 11.9. The van der Waals surface area contributed by atoms with Crippen molar-refractivity contribution in [3.8, 4) is 11.5 Å². The molecule has 2 heterocycles. The van der Waals surface area contributed by atoms with Crippen LogP contribution < -0.4 is 14.8 Å². The standard InChI is InChI=1S/C17H19NO5S2/c1-11(2)17(19)18-9-16(15-4-3-7-24-15)25(20,21)12-5-6-13-14(8-12)23-10-22-13/h3-8,11,16H,9-10H2,1-2H3,(H,18,19)/t16-/m1/s1. The van der Waals surface area contributed by atoms with E-state index in [4.69, 9.17) is 9.47 Å². The Labute approximate surface area is 150 Å². The quantitative estimate of drug-likeness (QED) is 0.832. The smallest absolute Gasteiger partial charge is 0.231 e. The van der Waals surface area contributed by atoms with Crippen LogP contribution in [0.1, 0.15) is 24.0 Å². The fourth-order valence-corrected chi connectivity index (χ4v) is 5.25. The van der Waals surface area contributed by atoms with Gasteiger partial charge in [0.05, 0.1) is 4.90 Å². The zero-order chi connectivity index (χ0) is 18.0. The largest absolute Gasteiger partial charge is 0.454 e. The van der Waals surface area contributed by atoms with E-state index in [1.165, 1.54) is 23.5 Å². The zero-order valence-corrected chi connectivity index (χ0v) is 15.5. The summed E-state index contributed by atoms with van der Waals surface area (Å²) in [6, 6.07) is 8.14. The van der Waals surface area contributed by atoms with Crippen molar-refractivity contribution in [2.45, 2.75) is 24.0 Å². The molecule has 2 aromatic rings. The van der Waals surface area contributed by atoms with Gasteiger partial charge in [0.15, 0.2) is 21.3 Å². The van der Waals surface area contributed by atoms with Gasteiger partial charge in [-0.3, -0.25) is 4.79 Å². The third-order valence-electron chi connectivity index (χ3n) is 3.89. The Hall–Kier alpha value is -2.06. The molecule has 1 amide bonds. The van der Waals surface area contributed by atoms with Crippen molar-refractivity contribution in [2.75, 3.05) is 13.3 Å². The van der Waals surface area contributed by atoms with Crippen LogP contribution in [0.5, 0.6) is 11.5 Å². The molecule has 1 aromatic carbocycles. The van der Waals surface area contributed by atoms with Crippen molar-refractivity contribution >= 4 is 27.1 Å². The predicted octanol–water partition coefficient (Wildman–Crippen LogP) is 2.76. The van der Waals surface area contributed by atoms with E-state index in [9.17, 15) is 13.2 Å². The van der Waals surface area contributed by atoms with E-state index in [0.717, 1.165) is 0 Å². The number of fused-ring (bicyclic) bond motifs is 1. The molecule has 6 nitrogen and oxygen atoms in total. The summed E-state index contributed by atoms with van der Waals surface area (Å²) in [6.45, 7) is 3.63. The molecule has 1 aliphatic rings. The predicted molar refractivity (Wildman–Crippen MR) is 94.7 cm³/mol. The Morgan fingerprint density at radius 2 is 2.00 bits per heavy atom. The van der Waals surface area contributed by atoms with Crippen molar-refractivity contribution < 1.29 is 22.7 Å². The monoisotopic (exact) mass is 381 g/mol. The number of nitrogens with one attached hydrogen (secondary N) is 1. The molecular weight excluding hydrogens is 362 g/mol. The molecule has 0 radical (unpaired) electrons. The van der Waals surface area contributed by atoms with E-state index >= 15 is 0 Å². The number of sulfone groups is 1. The van der Waals surface area contributed by atoms with E-state index in [1.807, 2.05) is 5.38 Å². The van der Waals surface area contributed by atoms with Gasteiger partial charge in [-0.1, -0.05) is 19.9 Å². The molecule has 25 heavy (non-hydrogen) atoms. The maximum absolute atomic E-state index is 13.2. The zero-order valence-electron chi connectivity index (χ0n) is 13.9. The van der Waals surface area contributed by atoms with Gasteiger partial charge in [0.1, 0.15) is 5.25 Å². The van der Waals surface area contributed by atoms with Crippen LogP contribution in [0.4, 0.5) is 0 Å². The number of carbonyl (C=O) groups is 1. The molecule has 1 N–H and O–H groups in total. The Bertz CT molecular complexity index is 859. The van der Waals surface area contributed by atoms with Gasteiger partial charge in [0.25, 0.3) is 0 Å². The number of rotatable bonds is 6. The van der Waals surface area contributed by atoms with E-state index < -0.39 is 15.1 Å². The number of thiophene rings is 1. The number of hydrogen-bond donors (Lipinski definition) is 1. The van der Waals surface area contributed by atoms with Crippen molar-refractivity contribution in [1.82, 2.24) is 5.32 Å². The lowest BCUT2D eigenvalue weighted by Crippen LogP contribution is -2.34. The van der Waals surface area contributed by atoms with E-state index in [0.29, 0.717) is 16.4 Å². The maximum Gasteiger partial charge on any atom is 0.231 e. The minimum absolute atomic E-state index is 0.0221. The van der Waals surface area contributed by atoms with Gasteiger partial charge >= 0.3 is 0 Å². The molecule has 134 valence electrons. The summed E-state index contributed by atoms with van der Waals surface area (Å²) in [5.74, 6) is 0.552. The summed E-state index contributed by atoms with van der Waals surface area (Å²) in [6.07, 6.45) is 0. The van der Waals surface area contributed by atoms with Crippen LogP contribution in [0.3, 0.4) is 0 Å². The minimum Gasteiger partial charge on any atom is -0.454 e. The lowest BCUT2D eigenvalue weighted by molar-refractivity contribution is -0.123. The van der Waals surface area contributed by atoms with Crippen molar-refractivity contribution in [1.29, 1.82) is 0 Å². The van der Waals surface area contributed by atoms with Crippen molar-refractivity contribution in [3.05, 3.63) is 40.6 Å². The second kappa shape index (κ2) is 7.05. The topological polar surface area (TPSA) is 81.7 Å². The highest BCUT2D eigenvalue weighted by Gasteiger charge is 2.32. The molecule has 0 spiro atoms. The van der Waals surface area contributed by atoms with Crippen molar-refractivity contribution in [3.63, 3.8) is 0 Å². The summed E-state index contributed by atoms with van der Waals surface area (Å²) < 4.78 is 36.9. The van der Waals surface area contributed by atoms with Gasteiger partial charge in [-0.15, -0.1) is 11.3 Å². The molecular formula is C17H19NO5S2. The molecule has 0 saturated heterocycles. The number of hydrogen-bond acceptors (Lipinski definition) is 6. The van der Waals surface area contributed by atoms with Crippen LogP contribution in [-0.4, -0.2) is 27.7 Å². The second-order valence-electron chi connectivity index (χ2n) is 5.96. The fraction of sp³-hybridized carbons (Fsp3) is 0.353. The Morgan fingerprint density at radius 1 is 1.24 bits per heavy atom. The summed E-state index contributed by atoms with van der Waals surface area (Å²) in [4.78, 5) is 12.7. The Kier molecular flexibility index (Phi) is 5.01. The molecule has 1 aliphatic heterocycles. The molecule has 1 atom stereocenters. The van der Waals surface area contributed by atoms with Crippen LogP contribution in [0.25, 0.3) is 0 Å². The van der Waals surface area contributed by atoms with Gasteiger partial charge in [0, 0.05) is 23.4 Å². The third-order valence-corrected chi connectivity index (χ3v) is 7.11. The normalized spacial score (nSPS) is 14.5. The molecule has 0 fully saturated rings. The average molecular weight is 381 g/mol. The number of carbonyl (C=O) groups excluding carboxylic acids is 1. The molecule has 3 rings (SSSR count). The first kappa shape index (κ1) is 17.8. The van der Waals surface area contributed by atoms with Crippen LogP contribution >= 0.6 is 11.3 Å². The lowest BCUT2D eigenvalue weighted by atomic mass is 10.2. The minimum atomic E-state index is -3.71. The van der Waals surface area contributed by atoms with Gasteiger partial charge in [-0.25, -0.2) is 8.42 Å². The number of amides is 1. The van der Waals surface area contributed by atoms with Crippen LogP contribution in [0, 0.1) is 5.92 Å². The van der Waals surface area contributed by atoms with Gasteiger partial charge < -0.3 is 14.8 Å². The molecule has 1 aromatic heterocycles. The average Bonchev–Trinajstić information content (AvgIpc) is 3.25. The van der Waals surface area contributed by atoms with Crippen LogP contribution in [-0.2, 0) is 14.6 Å². The van der Waals surface area contributed by atoms with E-state index in [1.54, 1.807) is 32.0 Å². The van der Waals surface area contributed by atoms with Gasteiger partial charge in [0.2, 0.25) is 12.7 Å². The summed E-state index contributed by atoms with van der Waals surface area (Å²) in [5, 5.41) is 3.70. The number of ether oxygens (including phenoxy) is 2. The van der Waals surface area contributed by atoms with Crippen LogP contribution in [0.15, 0.2) is 40.6 Å². The fourth-order valence-electron chi connectivity index (χ4n) is 2.45. The van der Waals surface area contributed by atoms with E-state index in [-0.39, 0.29) is 30.1 Å². The SMILES string of the molecule is CC(C)C(=O)NC[C@H](c1cccs1)S(=O)(=O)c1ccc2c(c1)OCO2. The highest BCUT2D eigenvalue weighted by atomic mass is 32.2. The van der Waals surface area contributed by atoms with E-state index in [2.05, 4.69) is 5.32 Å². The van der Waals surface area contributed by atoms with Gasteiger partial charge in [-0.05, 0) is 23.6 Å². The maximum atomic E-state index is 13.2. The van der Waals surface area contributed by atoms with Crippen molar-refractivity contribution in [2.24, 2.45) is 5.92 Å². The summed E-state index contributed by atoms with van der Waals surface area (Å²) in [7, 11) is -3.71. The Morgan fingerprint density at radius 3 is 2.68 bits per heavy atom. The molecule has 0 saturated carbocycles. The number of benzene rings is 1. The molecule has 0 bridgehead atoms. The molecule has 0 unspecified atom stereocenters. The molecule has 0 aliphatic carbocycles. The lowest BCUT2D eigenvalue weighted by Gasteiger charge is -2.18. The second-order valence-corrected chi connectivity index (χ2v) is 9.07. The summed E-state index contributed by atoms with van der Waals surface area (Å²) in [5.41, 5.74) is 0. The summed E-state index contributed by atoms with van der Waals surface area (Å²) >= 11 is 1.35. The Balaban J connectivity index is 1.92. The first-order valence-electron chi connectivity index (χ1n) is 7.84.